The minimum atomic E-state index is -4.42. The zero-order chi connectivity index (χ0) is 40.7. The molecule has 0 spiro atoms. The number of rotatable bonds is 17. The third-order valence-electron chi connectivity index (χ3n) is 10.1. The minimum Gasteiger partial charge on any atom is -0.309 e. The van der Waals surface area contributed by atoms with Crippen molar-refractivity contribution < 1.29 is 35.9 Å². The number of unbranched alkanes of at least 4 members (excludes halogenated alkanes) is 9. The highest BCUT2D eigenvalue weighted by Crippen LogP contribution is 2.48. The largest absolute Gasteiger partial charge is 0.416 e. The standard InChI is InChI=1S/C45H44F6N2O2S2/c1-3-4-5-6-7-8-9-10-11-12-29-53-41(37-28-26-35(57-37)24-18-31-15-21-33(22-16-31)45(49,50)51)39-38(43(53)55)40(52(2)42(39)54)36-27-25-34(56-36)23-17-30-13-19-32(20-14-30)44(46,47)48/h13-28H,3-12,29H2,1-2H3/b23-17+,24-18+. The van der Waals surface area contributed by atoms with Crippen LogP contribution in [0.1, 0.15) is 113 Å². The van der Waals surface area contributed by atoms with Crippen LogP contribution in [-0.2, 0) is 21.9 Å². The number of benzene rings is 2. The number of hydrogen-bond acceptors (Lipinski definition) is 4. The van der Waals surface area contributed by atoms with Gasteiger partial charge in [0.25, 0.3) is 11.8 Å². The molecule has 2 aliphatic rings. The molecule has 0 N–H and O–H groups in total. The van der Waals surface area contributed by atoms with E-state index >= 15 is 0 Å². The average Bonchev–Trinajstić information content (AvgIpc) is 3.96. The summed E-state index contributed by atoms with van der Waals surface area (Å²) in [7, 11) is 1.65. The molecule has 0 fully saturated rings. The summed E-state index contributed by atoms with van der Waals surface area (Å²) in [5, 5.41) is 0. The zero-order valence-electron chi connectivity index (χ0n) is 31.8. The SMILES string of the molecule is CCCCCCCCCCCCN1C(=O)C2=C(c3ccc(/C=C/c4ccc(C(F)(F)F)cc4)s3)N(C)C(=O)C2=C1c1ccc(/C=C/c2ccc(C(F)(F)F)cc2)s1. The van der Waals surface area contributed by atoms with Crippen molar-refractivity contribution in [2.24, 2.45) is 0 Å². The number of likely N-dealkylation sites (N-methyl/N-ethyl adjacent to an activating group) is 1. The van der Waals surface area contributed by atoms with Crippen molar-refractivity contribution in [2.75, 3.05) is 13.6 Å². The van der Waals surface area contributed by atoms with Gasteiger partial charge < -0.3 is 9.80 Å². The topological polar surface area (TPSA) is 40.6 Å². The Morgan fingerprint density at radius 1 is 0.526 bits per heavy atom. The maximum Gasteiger partial charge on any atom is 0.416 e. The molecule has 4 nitrogen and oxygen atoms in total. The summed E-state index contributed by atoms with van der Waals surface area (Å²) in [5.41, 5.74) is 1.53. The summed E-state index contributed by atoms with van der Waals surface area (Å²) in [5.74, 6) is -0.534. The molecule has 6 rings (SSSR count). The fraction of sp³-hybridized carbons (Fsp3) is 0.333. The molecule has 0 atom stereocenters. The summed E-state index contributed by atoms with van der Waals surface area (Å²) in [6.07, 6.45) is 9.60. The Balaban J connectivity index is 1.25. The van der Waals surface area contributed by atoms with Crippen LogP contribution in [0.4, 0.5) is 26.3 Å². The molecule has 0 aliphatic carbocycles. The van der Waals surface area contributed by atoms with E-state index in [4.69, 9.17) is 0 Å². The van der Waals surface area contributed by atoms with Crippen molar-refractivity contribution in [1.29, 1.82) is 0 Å². The van der Waals surface area contributed by atoms with E-state index in [0.29, 0.717) is 45.1 Å². The normalized spacial score (nSPS) is 15.2. The van der Waals surface area contributed by atoms with Crippen molar-refractivity contribution in [3.05, 3.63) is 126 Å². The summed E-state index contributed by atoms with van der Waals surface area (Å²) >= 11 is 2.78. The number of carbonyl (C=O) groups is 2. The molecule has 0 unspecified atom stereocenters. The molecule has 0 radical (unpaired) electrons. The number of nitrogens with zero attached hydrogens (tertiary/aromatic N) is 2. The lowest BCUT2D eigenvalue weighted by Gasteiger charge is -2.22. The van der Waals surface area contributed by atoms with Gasteiger partial charge >= 0.3 is 12.4 Å². The average molecular weight is 823 g/mol. The van der Waals surface area contributed by atoms with E-state index in [1.54, 1.807) is 30.2 Å². The third kappa shape index (κ3) is 10.1. The highest BCUT2D eigenvalue weighted by molar-refractivity contribution is 7.14. The van der Waals surface area contributed by atoms with Gasteiger partial charge in [-0.1, -0.05) is 101 Å². The minimum absolute atomic E-state index is 0.242. The van der Waals surface area contributed by atoms with Crippen LogP contribution in [0.25, 0.3) is 35.7 Å². The Morgan fingerprint density at radius 3 is 1.40 bits per heavy atom. The maximum atomic E-state index is 14.4. The number of alkyl halides is 6. The Labute approximate surface area is 337 Å². The van der Waals surface area contributed by atoms with Crippen LogP contribution in [0, 0.1) is 0 Å². The van der Waals surface area contributed by atoms with Crippen molar-refractivity contribution in [2.45, 2.75) is 83.5 Å². The molecule has 2 aliphatic heterocycles. The molecule has 0 saturated carbocycles. The van der Waals surface area contributed by atoms with Crippen LogP contribution in [0.2, 0.25) is 0 Å². The van der Waals surface area contributed by atoms with Gasteiger partial charge in [-0.15, -0.1) is 22.7 Å². The van der Waals surface area contributed by atoms with E-state index in [-0.39, 0.29) is 11.8 Å². The quantitative estimate of drug-likeness (QED) is 0.0786. The Hall–Kier alpha value is -4.68. The first-order valence-corrected chi connectivity index (χ1v) is 20.9. The summed E-state index contributed by atoms with van der Waals surface area (Å²) < 4.78 is 78.3. The van der Waals surface area contributed by atoms with Gasteiger partial charge in [-0.2, -0.15) is 26.3 Å². The molecule has 2 amide bonds. The first kappa shape index (κ1) is 41.9. The highest BCUT2D eigenvalue weighted by atomic mass is 32.1. The van der Waals surface area contributed by atoms with Crippen LogP contribution >= 0.6 is 22.7 Å². The second kappa shape index (κ2) is 18.3. The van der Waals surface area contributed by atoms with E-state index in [1.165, 1.54) is 90.4 Å². The van der Waals surface area contributed by atoms with Crippen molar-refractivity contribution in [3.63, 3.8) is 0 Å². The van der Waals surface area contributed by atoms with Gasteiger partial charge in [0.05, 0.1) is 43.4 Å². The lowest BCUT2D eigenvalue weighted by Crippen LogP contribution is -2.28. The van der Waals surface area contributed by atoms with Gasteiger partial charge in [-0.3, -0.25) is 9.59 Å². The number of amides is 2. The Bertz CT molecular complexity index is 2170. The van der Waals surface area contributed by atoms with Crippen LogP contribution < -0.4 is 0 Å². The van der Waals surface area contributed by atoms with E-state index < -0.39 is 23.5 Å². The molecule has 0 saturated heterocycles. The fourth-order valence-corrected chi connectivity index (χ4v) is 9.01. The van der Waals surface area contributed by atoms with Crippen LogP contribution in [-0.4, -0.2) is 35.2 Å². The van der Waals surface area contributed by atoms with Gasteiger partial charge in [0.1, 0.15) is 0 Å². The maximum absolute atomic E-state index is 14.4. The second-order valence-corrected chi connectivity index (χ2v) is 16.5. The molecule has 12 heteroatoms. The summed E-state index contributed by atoms with van der Waals surface area (Å²) in [6, 6.07) is 17.2. The Morgan fingerprint density at radius 2 is 0.947 bits per heavy atom. The summed E-state index contributed by atoms with van der Waals surface area (Å²) in [4.78, 5) is 34.8. The van der Waals surface area contributed by atoms with Crippen molar-refractivity contribution >= 4 is 70.2 Å². The zero-order valence-corrected chi connectivity index (χ0v) is 33.4. The number of hydrogen-bond donors (Lipinski definition) is 0. The lowest BCUT2D eigenvalue weighted by atomic mass is 10.1. The third-order valence-corrected chi connectivity index (χ3v) is 12.2. The predicted octanol–water partition coefficient (Wildman–Crippen LogP) is 13.5. The number of thiophene rings is 2. The molecule has 57 heavy (non-hydrogen) atoms. The number of carbonyl (C=O) groups excluding carboxylic acids is 2. The van der Waals surface area contributed by atoms with E-state index in [9.17, 15) is 35.9 Å². The lowest BCUT2D eigenvalue weighted by molar-refractivity contribution is -0.138. The predicted molar refractivity (Wildman–Crippen MR) is 220 cm³/mol. The smallest absolute Gasteiger partial charge is 0.309 e. The summed E-state index contributed by atoms with van der Waals surface area (Å²) in [6.45, 7) is 2.66. The van der Waals surface area contributed by atoms with E-state index in [2.05, 4.69) is 6.92 Å². The molecule has 2 aromatic carbocycles. The van der Waals surface area contributed by atoms with Crippen molar-refractivity contribution in [1.82, 2.24) is 9.80 Å². The highest BCUT2D eigenvalue weighted by Gasteiger charge is 2.48. The van der Waals surface area contributed by atoms with Gasteiger partial charge in [0.2, 0.25) is 0 Å². The van der Waals surface area contributed by atoms with Gasteiger partial charge in [-0.25, -0.2) is 0 Å². The second-order valence-electron chi connectivity index (χ2n) is 14.3. The van der Waals surface area contributed by atoms with Crippen LogP contribution in [0.15, 0.2) is 83.9 Å². The van der Waals surface area contributed by atoms with Crippen LogP contribution in [0.5, 0.6) is 0 Å². The molecule has 300 valence electrons. The van der Waals surface area contributed by atoms with Crippen molar-refractivity contribution in [3.8, 4) is 0 Å². The number of halogens is 6. The molecule has 4 aromatic rings. The monoisotopic (exact) mass is 822 g/mol. The van der Waals surface area contributed by atoms with Gasteiger partial charge in [0, 0.05) is 23.3 Å². The number of fused-ring (bicyclic) bond motifs is 1. The van der Waals surface area contributed by atoms with Gasteiger partial charge in [-0.05, 0) is 78.2 Å². The first-order valence-electron chi connectivity index (χ1n) is 19.3. The van der Waals surface area contributed by atoms with Crippen LogP contribution in [0.3, 0.4) is 0 Å². The Kier molecular flexibility index (Phi) is 13.4. The first-order chi connectivity index (χ1) is 27.3. The van der Waals surface area contributed by atoms with E-state index in [0.717, 1.165) is 64.6 Å². The molecular formula is C45H44F6N2O2S2. The fourth-order valence-electron chi connectivity index (χ4n) is 7.04. The molecule has 2 aromatic heterocycles. The van der Waals surface area contributed by atoms with Gasteiger partial charge in [0.15, 0.2) is 0 Å². The molecular weight excluding hydrogens is 779 g/mol. The van der Waals surface area contributed by atoms with E-state index in [1.807, 2.05) is 30.3 Å². The molecule has 0 bridgehead atoms. The molecule has 4 heterocycles.